The molecular weight excluding hydrogens is 294 g/mol. The van der Waals surface area contributed by atoms with Crippen molar-refractivity contribution in [1.82, 2.24) is 15.1 Å². The van der Waals surface area contributed by atoms with Crippen LogP contribution in [0.15, 0.2) is 22.7 Å². The van der Waals surface area contributed by atoms with Crippen LogP contribution in [0.1, 0.15) is 48.3 Å². The third kappa shape index (κ3) is 3.03. The summed E-state index contributed by atoms with van der Waals surface area (Å²) >= 11 is 0. The molecule has 0 spiro atoms. The van der Waals surface area contributed by atoms with Crippen LogP contribution in [0.4, 0.5) is 0 Å². The van der Waals surface area contributed by atoms with Gasteiger partial charge in [0.1, 0.15) is 17.6 Å². The van der Waals surface area contributed by atoms with Crippen molar-refractivity contribution >= 4 is 5.91 Å². The lowest BCUT2D eigenvalue weighted by atomic mass is 9.97. The number of rotatable bonds is 4. The van der Waals surface area contributed by atoms with Crippen molar-refractivity contribution in [1.29, 1.82) is 0 Å². The molecule has 1 fully saturated rings. The molecule has 0 radical (unpaired) electrons. The molecule has 6 heteroatoms. The number of hydrogen-bond acceptors (Lipinski definition) is 4. The Balaban J connectivity index is 1.72. The Morgan fingerprint density at radius 1 is 1.48 bits per heavy atom. The van der Waals surface area contributed by atoms with Crippen LogP contribution in [0.5, 0.6) is 0 Å². The number of amides is 1. The summed E-state index contributed by atoms with van der Waals surface area (Å²) in [7, 11) is 1.87. The van der Waals surface area contributed by atoms with Crippen molar-refractivity contribution in [3.8, 4) is 0 Å². The Kier molecular flexibility index (Phi) is 4.26. The molecule has 6 nitrogen and oxygen atoms in total. The number of hydrogen-bond donors (Lipinski definition) is 1. The van der Waals surface area contributed by atoms with Gasteiger partial charge in [0.05, 0.1) is 17.7 Å². The molecule has 2 aromatic rings. The molecule has 1 saturated heterocycles. The fraction of sp³-hybridized carbons (Fsp3) is 0.529. The highest BCUT2D eigenvalue weighted by Crippen LogP contribution is 2.35. The van der Waals surface area contributed by atoms with Gasteiger partial charge in [-0.25, -0.2) is 0 Å². The molecule has 1 N–H and O–H groups in total. The molecule has 3 rings (SSSR count). The Hall–Kier alpha value is -2.08. The molecule has 3 atom stereocenters. The van der Waals surface area contributed by atoms with Gasteiger partial charge < -0.3 is 14.5 Å². The standard InChI is InChI=1S/C17H23N3O3/c1-10-9-14(12(3)23-10)11(2)19-17(21)13-6-8-22-16(13)15-5-7-18-20(15)4/h5,7,9,11,13,16H,6,8H2,1-4H3,(H,19,21)/t11-,13+,16+/m0/s1. The summed E-state index contributed by atoms with van der Waals surface area (Å²) in [6.45, 7) is 6.40. The predicted octanol–water partition coefficient (Wildman–Crippen LogP) is 2.58. The van der Waals surface area contributed by atoms with Crippen LogP contribution in [0.2, 0.25) is 0 Å². The SMILES string of the molecule is Cc1cc([C@H](C)NC(=O)[C@@H]2CCO[C@H]2c2ccnn2C)c(C)o1. The van der Waals surface area contributed by atoms with E-state index in [1.165, 1.54) is 0 Å². The molecular formula is C17H23N3O3. The van der Waals surface area contributed by atoms with E-state index in [2.05, 4.69) is 10.4 Å². The topological polar surface area (TPSA) is 69.3 Å². The highest BCUT2D eigenvalue weighted by Gasteiger charge is 2.37. The summed E-state index contributed by atoms with van der Waals surface area (Å²) in [6, 6.07) is 3.79. The van der Waals surface area contributed by atoms with Crippen molar-refractivity contribution in [3.63, 3.8) is 0 Å². The highest BCUT2D eigenvalue weighted by molar-refractivity contribution is 5.80. The Morgan fingerprint density at radius 3 is 2.87 bits per heavy atom. The van der Waals surface area contributed by atoms with E-state index in [1.54, 1.807) is 10.9 Å². The minimum Gasteiger partial charge on any atom is -0.466 e. The predicted molar refractivity (Wildman–Crippen MR) is 84.7 cm³/mol. The van der Waals surface area contributed by atoms with E-state index in [0.29, 0.717) is 6.61 Å². The van der Waals surface area contributed by atoms with Crippen molar-refractivity contribution in [2.75, 3.05) is 6.61 Å². The van der Waals surface area contributed by atoms with Crippen molar-refractivity contribution in [2.24, 2.45) is 13.0 Å². The first-order valence-corrected chi connectivity index (χ1v) is 7.94. The zero-order valence-corrected chi connectivity index (χ0v) is 14.0. The lowest BCUT2D eigenvalue weighted by Gasteiger charge is -2.21. The quantitative estimate of drug-likeness (QED) is 0.941. The van der Waals surface area contributed by atoms with E-state index in [0.717, 1.165) is 29.2 Å². The maximum Gasteiger partial charge on any atom is 0.226 e. The summed E-state index contributed by atoms with van der Waals surface area (Å²) in [5.41, 5.74) is 1.96. The van der Waals surface area contributed by atoms with E-state index in [1.807, 2.05) is 40.0 Å². The molecule has 1 aliphatic rings. The fourth-order valence-corrected chi connectivity index (χ4v) is 3.29. The summed E-state index contributed by atoms with van der Waals surface area (Å²) in [6.07, 6.45) is 2.21. The molecule has 0 saturated carbocycles. The zero-order chi connectivity index (χ0) is 16.6. The molecule has 0 aliphatic carbocycles. The van der Waals surface area contributed by atoms with E-state index in [-0.39, 0.29) is 24.0 Å². The number of nitrogens with zero attached hydrogens (tertiary/aromatic N) is 2. The summed E-state index contributed by atoms with van der Waals surface area (Å²) in [5, 5.41) is 7.27. The summed E-state index contributed by atoms with van der Waals surface area (Å²) in [4.78, 5) is 12.7. The van der Waals surface area contributed by atoms with Crippen LogP contribution in [0.25, 0.3) is 0 Å². The maximum absolute atomic E-state index is 12.7. The first kappa shape index (κ1) is 15.8. The second-order valence-corrected chi connectivity index (χ2v) is 6.17. The van der Waals surface area contributed by atoms with Gasteiger partial charge in [-0.2, -0.15) is 5.10 Å². The van der Waals surface area contributed by atoms with Crippen molar-refractivity contribution in [2.45, 2.75) is 39.3 Å². The van der Waals surface area contributed by atoms with E-state index < -0.39 is 0 Å². The third-order valence-electron chi connectivity index (χ3n) is 4.48. The lowest BCUT2D eigenvalue weighted by molar-refractivity contribution is -0.127. The Labute approximate surface area is 135 Å². The highest BCUT2D eigenvalue weighted by atomic mass is 16.5. The smallest absolute Gasteiger partial charge is 0.226 e. The molecule has 3 heterocycles. The van der Waals surface area contributed by atoms with Gasteiger partial charge in [0.15, 0.2) is 0 Å². The van der Waals surface area contributed by atoms with Gasteiger partial charge in [0, 0.05) is 25.4 Å². The number of ether oxygens (including phenoxy) is 1. The van der Waals surface area contributed by atoms with Gasteiger partial charge in [0.2, 0.25) is 5.91 Å². The van der Waals surface area contributed by atoms with E-state index >= 15 is 0 Å². The minimum absolute atomic E-state index is 0.0134. The van der Waals surface area contributed by atoms with Gasteiger partial charge >= 0.3 is 0 Å². The fourth-order valence-electron chi connectivity index (χ4n) is 3.29. The van der Waals surface area contributed by atoms with Crippen LogP contribution in [0.3, 0.4) is 0 Å². The lowest BCUT2D eigenvalue weighted by Crippen LogP contribution is -2.34. The average molecular weight is 317 g/mol. The molecule has 0 aromatic carbocycles. The van der Waals surface area contributed by atoms with Crippen LogP contribution >= 0.6 is 0 Å². The molecule has 2 aromatic heterocycles. The average Bonchev–Trinajstić information content (AvgIpc) is 3.18. The summed E-state index contributed by atoms with van der Waals surface area (Å²) < 4.78 is 13.1. The molecule has 23 heavy (non-hydrogen) atoms. The van der Waals surface area contributed by atoms with Crippen LogP contribution in [-0.4, -0.2) is 22.3 Å². The Morgan fingerprint density at radius 2 is 2.26 bits per heavy atom. The second kappa shape index (κ2) is 6.20. The van der Waals surface area contributed by atoms with Crippen molar-refractivity contribution in [3.05, 3.63) is 41.1 Å². The van der Waals surface area contributed by atoms with Gasteiger partial charge in [-0.3, -0.25) is 9.48 Å². The Bertz CT molecular complexity index is 704. The number of carbonyl (C=O) groups excluding carboxylic acids is 1. The monoisotopic (exact) mass is 317 g/mol. The van der Waals surface area contributed by atoms with Gasteiger partial charge in [-0.05, 0) is 39.3 Å². The first-order valence-electron chi connectivity index (χ1n) is 7.94. The summed E-state index contributed by atoms with van der Waals surface area (Å²) in [5.74, 6) is 1.53. The zero-order valence-electron chi connectivity index (χ0n) is 14.0. The van der Waals surface area contributed by atoms with Crippen molar-refractivity contribution < 1.29 is 13.9 Å². The minimum atomic E-state index is -0.234. The van der Waals surface area contributed by atoms with Crippen LogP contribution < -0.4 is 5.32 Å². The largest absolute Gasteiger partial charge is 0.466 e. The van der Waals surface area contributed by atoms with Crippen LogP contribution in [-0.2, 0) is 16.6 Å². The number of aryl methyl sites for hydroxylation is 3. The molecule has 0 unspecified atom stereocenters. The number of furan rings is 1. The van der Waals surface area contributed by atoms with Gasteiger partial charge in [0.25, 0.3) is 0 Å². The molecule has 1 amide bonds. The van der Waals surface area contributed by atoms with E-state index in [4.69, 9.17) is 9.15 Å². The molecule has 0 bridgehead atoms. The van der Waals surface area contributed by atoms with E-state index in [9.17, 15) is 4.79 Å². The molecule has 1 aliphatic heterocycles. The second-order valence-electron chi connectivity index (χ2n) is 6.17. The maximum atomic E-state index is 12.7. The third-order valence-corrected chi connectivity index (χ3v) is 4.48. The molecule has 124 valence electrons. The normalized spacial score (nSPS) is 22.3. The van der Waals surface area contributed by atoms with Gasteiger partial charge in [-0.15, -0.1) is 0 Å². The van der Waals surface area contributed by atoms with Crippen LogP contribution in [0, 0.1) is 19.8 Å². The number of carbonyl (C=O) groups is 1. The number of aromatic nitrogens is 2. The van der Waals surface area contributed by atoms with Gasteiger partial charge in [-0.1, -0.05) is 0 Å². The first-order chi connectivity index (χ1) is 11.0. The number of nitrogens with one attached hydrogen (secondary N) is 1.